The average Bonchev–Trinajstić information content (AvgIpc) is 2.26. The Bertz CT molecular complexity index is 381. The summed E-state index contributed by atoms with van der Waals surface area (Å²) in [5.74, 6) is 0. The highest BCUT2D eigenvalue weighted by Gasteiger charge is 2.10. The quantitative estimate of drug-likeness (QED) is 0.573. The van der Waals surface area contributed by atoms with E-state index in [0.717, 1.165) is 11.1 Å². The molecule has 0 saturated heterocycles. The van der Waals surface area contributed by atoms with Crippen molar-refractivity contribution in [1.82, 2.24) is 0 Å². The van der Waals surface area contributed by atoms with Crippen molar-refractivity contribution in [3.8, 4) is 0 Å². The number of rotatable bonds is 3. The Hall–Kier alpha value is -1.32. The molecule has 2 N–H and O–H groups in total. The van der Waals surface area contributed by atoms with Gasteiger partial charge in [0.25, 0.3) is 0 Å². The minimum Gasteiger partial charge on any atom is -0.423 e. The molecule has 0 bridgehead atoms. The molecule has 78 valence electrons. The van der Waals surface area contributed by atoms with Crippen LogP contribution in [0.1, 0.15) is 19.4 Å². The molecule has 0 fully saturated rings. The molecule has 1 aromatic carbocycles. The molecule has 0 atom stereocenters. The topological polar surface area (TPSA) is 40.5 Å². The zero-order valence-electron chi connectivity index (χ0n) is 9.01. The first-order chi connectivity index (χ1) is 7.19. The molecule has 0 unspecified atom stereocenters. The van der Waals surface area contributed by atoms with Gasteiger partial charge in [0, 0.05) is 0 Å². The fourth-order valence-corrected chi connectivity index (χ4v) is 1.42. The van der Waals surface area contributed by atoms with Gasteiger partial charge in [-0.1, -0.05) is 42.5 Å². The lowest BCUT2D eigenvalue weighted by Gasteiger charge is -2.05. The van der Waals surface area contributed by atoms with Crippen molar-refractivity contribution >= 4 is 18.2 Å². The largest absolute Gasteiger partial charge is 0.488 e. The zero-order valence-corrected chi connectivity index (χ0v) is 9.01. The lowest BCUT2D eigenvalue weighted by molar-refractivity contribution is 0.426. The van der Waals surface area contributed by atoms with E-state index >= 15 is 0 Å². The highest BCUT2D eigenvalue weighted by molar-refractivity contribution is 6.58. The second-order valence-corrected chi connectivity index (χ2v) is 3.24. The molecular weight excluding hydrogens is 187 g/mol. The van der Waals surface area contributed by atoms with Gasteiger partial charge in [0.15, 0.2) is 0 Å². The molecule has 0 aliphatic rings. The van der Waals surface area contributed by atoms with E-state index in [4.69, 9.17) is 10.0 Å². The normalized spacial score (nSPS) is 12.1. The molecular formula is C12H15BO2. The Morgan fingerprint density at radius 2 is 2.00 bits per heavy atom. The summed E-state index contributed by atoms with van der Waals surface area (Å²) in [6, 6.07) is 7.23. The fourth-order valence-electron chi connectivity index (χ4n) is 1.42. The number of allylic oxidation sites excluding steroid dienone is 4. The first kappa shape index (κ1) is 11.8. The Morgan fingerprint density at radius 3 is 2.53 bits per heavy atom. The van der Waals surface area contributed by atoms with Crippen LogP contribution in [0.4, 0.5) is 0 Å². The smallest absolute Gasteiger partial charge is 0.423 e. The molecule has 0 saturated carbocycles. The Kier molecular flexibility index (Phi) is 4.34. The lowest BCUT2D eigenvalue weighted by Crippen LogP contribution is -2.29. The van der Waals surface area contributed by atoms with Crippen molar-refractivity contribution in [2.45, 2.75) is 13.8 Å². The van der Waals surface area contributed by atoms with E-state index in [2.05, 4.69) is 0 Å². The molecule has 3 heteroatoms. The molecule has 0 aliphatic heterocycles. The van der Waals surface area contributed by atoms with Crippen molar-refractivity contribution in [1.29, 1.82) is 0 Å². The van der Waals surface area contributed by atoms with Crippen LogP contribution in [-0.2, 0) is 0 Å². The molecule has 15 heavy (non-hydrogen) atoms. The van der Waals surface area contributed by atoms with E-state index in [1.54, 1.807) is 12.1 Å². The first-order valence-electron chi connectivity index (χ1n) is 4.94. The predicted molar refractivity (Wildman–Crippen MR) is 64.7 cm³/mol. The SMILES string of the molecule is C/C=C\C(=C/C)c1cccc(B(O)O)c1. The van der Waals surface area contributed by atoms with E-state index in [0.29, 0.717) is 5.46 Å². The van der Waals surface area contributed by atoms with Gasteiger partial charge in [-0.15, -0.1) is 0 Å². The van der Waals surface area contributed by atoms with Gasteiger partial charge in [0.05, 0.1) is 0 Å². The summed E-state index contributed by atoms with van der Waals surface area (Å²) >= 11 is 0. The van der Waals surface area contributed by atoms with E-state index < -0.39 is 7.12 Å². The van der Waals surface area contributed by atoms with Crippen LogP contribution in [0.2, 0.25) is 0 Å². The number of hydrogen-bond acceptors (Lipinski definition) is 2. The lowest BCUT2D eigenvalue weighted by atomic mass is 9.79. The maximum Gasteiger partial charge on any atom is 0.488 e. The predicted octanol–water partition coefficient (Wildman–Crippen LogP) is 1.35. The standard InChI is InChI=1S/C12H15BO2/c1-3-6-10(4-2)11-7-5-8-12(9-11)13(14)15/h3-9,14-15H,1-2H3/b6-3-,10-4+. The van der Waals surface area contributed by atoms with Crippen LogP contribution >= 0.6 is 0 Å². The van der Waals surface area contributed by atoms with E-state index in [9.17, 15) is 0 Å². The summed E-state index contributed by atoms with van der Waals surface area (Å²) < 4.78 is 0. The molecule has 0 amide bonds. The van der Waals surface area contributed by atoms with Crippen molar-refractivity contribution in [3.05, 3.63) is 48.1 Å². The van der Waals surface area contributed by atoms with Crippen molar-refractivity contribution in [2.75, 3.05) is 0 Å². The van der Waals surface area contributed by atoms with Gasteiger partial charge in [0.2, 0.25) is 0 Å². The molecule has 0 heterocycles. The minimum absolute atomic E-state index is 0.511. The monoisotopic (exact) mass is 202 g/mol. The van der Waals surface area contributed by atoms with Gasteiger partial charge in [-0.25, -0.2) is 0 Å². The summed E-state index contributed by atoms with van der Waals surface area (Å²) in [6.45, 7) is 3.91. The second-order valence-electron chi connectivity index (χ2n) is 3.24. The van der Waals surface area contributed by atoms with Crippen LogP contribution in [0.3, 0.4) is 0 Å². The summed E-state index contributed by atoms with van der Waals surface area (Å²) in [7, 11) is -1.41. The molecule has 1 aromatic rings. The van der Waals surface area contributed by atoms with Crippen LogP contribution in [0.5, 0.6) is 0 Å². The molecule has 0 aromatic heterocycles. The van der Waals surface area contributed by atoms with E-state index in [1.165, 1.54) is 0 Å². The van der Waals surface area contributed by atoms with Gasteiger partial charge in [-0.2, -0.15) is 0 Å². The first-order valence-corrected chi connectivity index (χ1v) is 4.94. The molecule has 1 rings (SSSR count). The highest BCUT2D eigenvalue weighted by atomic mass is 16.4. The molecule has 0 spiro atoms. The minimum atomic E-state index is -1.41. The zero-order chi connectivity index (χ0) is 11.3. The summed E-state index contributed by atoms with van der Waals surface area (Å²) in [6.07, 6.45) is 5.93. The van der Waals surface area contributed by atoms with Gasteiger partial charge in [0.1, 0.15) is 0 Å². The Labute approximate surface area is 90.7 Å². The van der Waals surface area contributed by atoms with Crippen molar-refractivity contribution in [2.24, 2.45) is 0 Å². The number of benzene rings is 1. The van der Waals surface area contributed by atoms with Crippen LogP contribution < -0.4 is 5.46 Å². The van der Waals surface area contributed by atoms with E-state index in [1.807, 2.05) is 44.2 Å². The summed E-state index contributed by atoms with van der Waals surface area (Å²) in [4.78, 5) is 0. The highest BCUT2D eigenvalue weighted by Crippen LogP contribution is 2.14. The van der Waals surface area contributed by atoms with Crippen LogP contribution in [0.25, 0.3) is 5.57 Å². The van der Waals surface area contributed by atoms with E-state index in [-0.39, 0.29) is 0 Å². The fraction of sp³-hybridized carbons (Fsp3) is 0.167. The molecule has 0 radical (unpaired) electrons. The molecule has 2 nitrogen and oxygen atoms in total. The third kappa shape index (κ3) is 3.08. The third-order valence-corrected chi connectivity index (χ3v) is 2.18. The third-order valence-electron chi connectivity index (χ3n) is 2.18. The Morgan fingerprint density at radius 1 is 1.27 bits per heavy atom. The van der Waals surface area contributed by atoms with Crippen LogP contribution in [0, 0.1) is 0 Å². The second kappa shape index (κ2) is 5.54. The maximum atomic E-state index is 9.05. The van der Waals surface area contributed by atoms with Crippen LogP contribution in [0.15, 0.2) is 42.5 Å². The summed E-state index contributed by atoms with van der Waals surface area (Å²) in [5.41, 5.74) is 2.57. The van der Waals surface area contributed by atoms with Crippen LogP contribution in [-0.4, -0.2) is 17.2 Å². The van der Waals surface area contributed by atoms with Crippen molar-refractivity contribution < 1.29 is 10.0 Å². The van der Waals surface area contributed by atoms with Gasteiger partial charge in [-0.05, 0) is 30.4 Å². The maximum absolute atomic E-state index is 9.05. The molecule has 0 aliphatic carbocycles. The van der Waals surface area contributed by atoms with Gasteiger partial charge in [-0.3, -0.25) is 0 Å². The average molecular weight is 202 g/mol. The Balaban J connectivity index is 3.09. The summed E-state index contributed by atoms with van der Waals surface area (Å²) in [5, 5.41) is 18.1. The van der Waals surface area contributed by atoms with Gasteiger partial charge >= 0.3 is 7.12 Å². The number of hydrogen-bond donors (Lipinski definition) is 2. The van der Waals surface area contributed by atoms with Crippen molar-refractivity contribution in [3.63, 3.8) is 0 Å². The van der Waals surface area contributed by atoms with Gasteiger partial charge < -0.3 is 10.0 Å².